The fourth-order valence-corrected chi connectivity index (χ4v) is 7.56. The molecule has 1 fully saturated rings. The molecular weight excluding hydrogens is 528 g/mol. The molecular formula is C30H38O7Si2. The molecule has 1 aliphatic heterocycles. The van der Waals surface area contributed by atoms with Crippen LogP contribution in [0.4, 0.5) is 0 Å². The molecule has 2 atom stereocenters. The summed E-state index contributed by atoms with van der Waals surface area (Å²) in [5.74, 6) is -8.37. The number of rotatable bonds is 4. The second-order valence-corrected chi connectivity index (χ2v) is 23.3. The molecule has 3 aliphatic rings. The van der Waals surface area contributed by atoms with E-state index in [1.54, 1.807) is 48.5 Å². The van der Waals surface area contributed by atoms with Crippen LogP contribution in [0.15, 0.2) is 48.5 Å². The zero-order valence-electron chi connectivity index (χ0n) is 24.5. The summed E-state index contributed by atoms with van der Waals surface area (Å²) in [4.78, 5) is 42.6. The molecule has 5 rings (SSSR count). The number of Topliss-reactive ketones (excluding diaryl/α,β-unsaturated/α-hetero) is 3. The second kappa shape index (κ2) is 8.14. The molecule has 0 bridgehead atoms. The third-order valence-corrected chi connectivity index (χ3v) is 18.1. The Morgan fingerprint density at radius 2 is 0.974 bits per heavy atom. The molecule has 208 valence electrons. The van der Waals surface area contributed by atoms with E-state index in [0.29, 0.717) is 11.1 Å². The highest BCUT2D eigenvalue weighted by Gasteiger charge is 2.83. The predicted octanol–water partition coefficient (Wildman–Crippen LogP) is 6.60. The highest BCUT2D eigenvalue weighted by atomic mass is 28.4. The monoisotopic (exact) mass is 566 g/mol. The van der Waals surface area contributed by atoms with Crippen LogP contribution in [0, 0.1) is 0 Å². The Morgan fingerprint density at radius 1 is 0.590 bits per heavy atom. The summed E-state index contributed by atoms with van der Waals surface area (Å²) in [5, 5.41) is -0.651. The van der Waals surface area contributed by atoms with Crippen LogP contribution in [0.2, 0.25) is 36.3 Å². The average molecular weight is 567 g/mol. The van der Waals surface area contributed by atoms with Gasteiger partial charge in [0.1, 0.15) is 0 Å². The van der Waals surface area contributed by atoms with Crippen molar-refractivity contribution in [2.45, 2.75) is 95.2 Å². The maximum Gasteiger partial charge on any atom is 0.305 e. The number of benzene rings is 2. The van der Waals surface area contributed by atoms with Crippen molar-refractivity contribution in [1.29, 1.82) is 0 Å². The number of carbonyl (C=O) groups excluding carboxylic acids is 3. The van der Waals surface area contributed by atoms with Gasteiger partial charge in [-0.05, 0) is 36.3 Å². The van der Waals surface area contributed by atoms with Crippen molar-refractivity contribution in [3.8, 4) is 0 Å². The minimum absolute atomic E-state index is 0.188. The SMILES string of the molecule is CC(C)(C)[Si](C)(C)OC12OC3(OC1(O[Si](C)(C)C(C)(C)C)c1ccccc1C2=O)C(=O)c1ccccc1C3=O. The van der Waals surface area contributed by atoms with Gasteiger partial charge in [0.05, 0.1) is 0 Å². The first-order valence-corrected chi connectivity index (χ1v) is 19.2. The third-order valence-electron chi connectivity index (χ3n) is 9.26. The van der Waals surface area contributed by atoms with Crippen LogP contribution in [0.3, 0.4) is 0 Å². The molecule has 1 spiro atoms. The van der Waals surface area contributed by atoms with E-state index in [0.717, 1.165) is 0 Å². The molecule has 2 aliphatic carbocycles. The van der Waals surface area contributed by atoms with Crippen LogP contribution >= 0.6 is 0 Å². The lowest BCUT2D eigenvalue weighted by atomic mass is 10.1. The van der Waals surface area contributed by atoms with Crippen molar-refractivity contribution in [2.24, 2.45) is 0 Å². The van der Waals surface area contributed by atoms with E-state index in [2.05, 4.69) is 20.8 Å². The molecule has 0 saturated carbocycles. The average Bonchev–Trinajstić information content (AvgIpc) is 3.29. The summed E-state index contributed by atoms with van der Waals surface area (Å²) in [5.41, 5.74) is 1.12. The highest BCUT2D eigenvalue weighted by Crippen LogP contribution is 2.64. The van der Waals surface area contributed by atoms with Gasteiger partial charge in [-0.3, -0.25) is 23.9 Å². The molecule has 2 aromatic carbocycles. The van der Waals surface area contributed by atoms with E-state index >= 15 is 0 Å². The quantitative estimate of drug-likeness (QED) is 0.304. The molecule has 0 amide bonds. The van der Waals surface area contributed by atoms with Crippen LogP contribution < -0.4 is 0 Å². The summed E-state index contributed by atoms with van der Waals surface area (Å²) in [6, 6.07) is 13.5. The molecule has 0 aromatic heterocycles. The molecule has 2 unspecified atom stereocenters. The number of fused-ring (bicyclic) bond motifs is 4. The Morgan fingerprint density at radius 3 is 1.44 bits per heavy atom. The topological polar surface area (TPSA) is 88.1 Å². The standard InChI is InChI=1S/C30H38O7Si2/c1-26(2,3)38(7,8)36-29-22-18-14-13-17-21(22)25(33)30(29,37-39(9,10)27(4,5)6)35-28(34-29)23(31)19-15-11-12-16-20(19)24(28)32/h11-18H,1-10H3. The zero-order valence-corrected chi connectivity index (χ0v) is 26.5. The minimum atomic E-state index is -2.82. The second-order valence-electron chi connectivity index (χ2n) is 13.9. The van der Waals surface area contributed by atoms with Gasteiger partial charge in [-0.2, -0.15) is 0 Å². The largest absolute Gasteiger partial charge is 0.382 e. The Labute approximate surface area is 232 Å². The van der Waals surface area contributed by atoms with Gasteiger partial charge < -0.3 is 8.85 Å². The maximum absolute atomic E-state index is 14.6. The highest BCUT2D eigenvalue weighted by molar-refractivity contribution is 6.75. The Bertz CT molecular complexity index is 1380. The van der Waals surface area contributed by atoms with E-state index in [1.165, 1.54) is 0 Å². The fourth-order valence-electron chi connectivity index (χ4n) is 4.96. The zero-order chi connectivity index (χ0) is 29.0. The number of carbonyl (C=O) groups is 3. The van der Waals surface area contributed by atoms with Crippen molar-refractivity contribution >= 4 is 34.0 Å². The van der Waals surface area contributed by atoms with Gasteiger partial charge >= 0.3 is 5.79 Å². The molecule has 1 heterocycles. The van der Waals surface area contributed by atoms with E-state index < -0.39 is 51.3 Å². The normalized spacial score (nSPS) is 26.3. The van der Waals surface area contributed by atoms with Crippen LogP contribution in [-0.4, -0.2) is 45.6 Å². The summed E-state index contributed by atoms with van der Waals surface area (Å²) in [6.07, 6.45) is 0. The Kier molecular flexibility index (Phi) is 5.90. The van der Waals surface area contributed by atoms with Crippen LogP contribution in [0.5, 0.6) is 0 Å². The van der Waals surface area contributed by atoms with E-state index in [4.69, 9.17) is 18.3 Å². The summed E-state index contributed by atoms with van der Waals surface area (Å²) < 4.78 is 27.3. The van der Waals surface area contributed by atoms with Gasteiger partial charge in [-0.1, -0.05) is 90.1 Å². The van der Waals surface area contributed by atoms with Crippen molar-refractivity contribution < 1.29 is 32.7 Å². The molecule has 39 heavy (non-hydrogen) atoms. The van der Waals surface area contributed by atoms with Crippen LogP contribution in [0.25, 0.3) is 0 Å². The number of hydrogen-bond acceptors (Lipinski definition) is 7. The lowest BCUT2D eigenvalue weighted by molar-refractivity contribution is -0.251. The summed E-state index contributed by atoms with van der Waals surface area (Å²) in [7, 11) is -5.59. The number of ketones is 3. The van der Waals surface area contributed by atoms with Crippen molar-refractivity contribution in [1.82, 2.24) is 0 Å². The lowest BCUT2D eigenvalue weighted by Crippen LogP contribution is -2.63. The number of ether oxygens (including phenoxy) is 2. The van der Waals surface area contributed by atoms with Gasteiger partial charge in [0.15, 0.2) is 16.6 Å². The van der Waals surface area contributed by atoms with Gasteiger partial charge in [0, 0.05) is 22.3 Å². The first-order valence-electron chi connectivity index (χ1n) is 13.4. The van der Waals surface area contributed by atoms with E-state index in [1.807, 2.05) is 47.0 Å². The maximum atomic E-state index is 14.6. The van der Waals surface area contributed by atoms with Gasteiger partial charge in [0.25, 0.3) is 11.6 Å². The third kappa shape index (κ3) is 3.57. The van der Waals surface area contributed by atoms with Crippen LogP contribution in [-0.2, 0) is 24.1 Å². The lowest BCUT2D eigenvalue weighted by Gasteiger charge is -2.48. The van der Waals surface area contributed by atoms with Gasteiger partial charge in [0.2, 0.25) is 17.3 Å². The van der Waals surface area contributed by atoms with E-state index in [9.17, 15) is 14.4 Å². The van der Waals surface area contributed by atoms with Crippen LogP contribution in [0.1, 0.15) is 78.2 Å². The van der Waals surface area contributed by atoms with Gasteiger partial charge in [-0.25, -0.2) is 0 Å². The number of hydrogen-bond donors (Lipinski definition) is 0. The van der Waals surface area contributed by atoms with Crippen molar-refractivity contribution in [3.05, 3.63) is 70.8 Å². The molecule has 7 nitrogen and oxygen atoms in total. The predicted molar refractivity (Wildman–Crippen MR) is 152 cm³/mol. The van der Waals surface area contributed by atoms with E-state index in [-0.39, 0.29) is 21.2 Å². The van der Waals surface area contributed by atoms with Crippen molar-refractivity contribution in [2.75, 3.05) is 0 Å². The summed E-state index contributed by atoms with van der Waals surface area (Å²) in [6.45, 7) is 20.4. The Balaban J connectivity index is 1.83. The first kappa shape index (κ1) is 28.3. The Hall–Kier alpha value is -2.28. The smallest absolute Gasteiger partial charge is 0.305 e. The van der Waals surface area contributed by atoms with Gasteiger partial charge in [-0.15, -0.1) is 0 Å². The summed E-state index contributed by atoms with van der Waals surface area (Å²) >= 11 is 0. The molecule has 1 saturated heterocycles. The first-order chi connectivity index (χ1) is 17.8. The molecule has 2 aromatic rings. The fraction of sp³-hybridized carbons (Fsp3) is 0.500. The minimum Gasteiger partial charge on any atom is -0.382 e. The van der Waals surface area contributed by atoms with Crippen molar-refractivity contribution in [3.63, 3.8) is 0 Å². The molecule has 0 N–H and O–H groups in total. The molecule has 9 heteroatoms. The molecule has 0 radical (unpaired) electrons.